The molecule has 2 N–H and O–H groups in total. The Balaban J connectivity index is 2.03. The van der Waals surface area contributed by atoms with E-state index in [1.165, 1.54) is 0 Å². The highest BCUT2D eigenvalue weighted by Crippen LogP contribution is 2.51. The molecule has 2 rings (SSSR count). The summed E-state index contributed by atoms with van der Waals surface area (Å²) in [7, 11) is 0. The molecule has 4 atom stereocenters. The first-order valence-corrected chi connectivity index (χ1v) is 8.98. The number of piperidine rings is 1. The van der Waals surface area contributed by atoms with Gasteiger partial charge < -0.3 is 19.9 Å². The van der Waals surface area contributed by atoms with Crippen molar-refractivity contribution in [2.45, 2.75) is 77.7 Å². The lowest BCUT2D eigenvalue weighted by molar-refractivity contribution is -0.140. The Hall–Kier alpha value is -2.32. The summed E-state index contributed by atoms with van der Waals surface area (Å²) in [5, 5.41) is 11.7. The van der Waals surface area contributed by atoms with Crippen LogP contribution >= 0.6 is 0 Å². The Morgan fingerprint density at radius 3 is 2.19 bits per heavy atom. The third kappa shape index (κ3) is 5.33. The number of carboxylic acids is 1. The average molecular weight is 384 g/mol. The highest BCUT2D eigenvalue weighted by Gasteiger charge is 2.61. The third-order valence-corrected chi connectivity index (χ3v) is 4.28. The Morgan fingerprint density at radius 2 is 1.70 bits per heavy atom. The van der Waals surface area contributed by atoms with E-state index in [0.29, 0.717) is 6.42 Å². The highest BCUT2D eigenvalue weighted by atomic mass is 16.6. The van der Waals surface area contributed by atoms with E-state index in [4.69, 9.17) is 9.47 Å². The molecule has 1 saturated carbocycles. The van der Waals surface area contributed by atoms with E-state index >= 15 is 0 Å². The molecule has 27 heavy (non-hydrogen) atoms. The molecule has 1 aliphatic heterocycles. The molecule has 0 aromatic heterocycles. The van der Waals surface area contributed by atoms with Gasteiger partial charge in [0.1, 0.15) is 17.2 Å². The fourth-order valence-corrected chi connectivity index (χ4v) is 3.19. The molecule has 0 aromatic carbocycles. The first-order chi connectivity index (χ1) is 12.2. The number of hydrogen-bond donors (Lipinski definition) is 2. The zero-order chi connectivity index (χ0) is 20.7. The number of carbonyl (C=O) groups excluding carboxylic acids is 3. The van der Waals surface area contributed by atoms with Crippen molar-refractivity contribution in [3.63, 3.8) is 0 Å². The highest BCUT2D eigenvalue weighted by molar-refractivity contribution is 5.97. The second kappa shape index (κ2) is 7.01. The summed E-state index contributed by atoms with van der Waals surface area (Å²) >= 11 is 0. The van der Waals surface area contributed by atoms with Crippen molar-refractivity contribution in [3.8, 4) is 0 Å². The van der Waals surface area contributed by atoms with Gasteiger partial charge >= 0.3 is 18.2 Å². The van der Waals surface area contributed by atoms with E-state index in [9.17, 15) is 24.3 Å². The molecule has 9 heteroatoms. The van der Waals surface area contributed by atoms with Gasteiger partial charge in [-0.1, -0.05) is 0 Å². The molecule has 1 aliphatic carbocycles. The second-order valence-corrected chi connectivity index (χ2v) is 9.03. The fraction of sp³-hybridized carbons (Fsp3) is 0.778. The standard InChI is InChI=1S/C18H28N2O7/c1-17(2,3)26-15(24)19-11(14(22)23)7-10-9-8-12(9)20(13(10)21)16(25)27-18(4,5)6/h9-12H,7-8H2,1-6H3,(H,19,24)(H,22,23)/t9-,10-,11+,12-/m1/s1. The number of fused-ring (bicyclic) bond motifs is 1. The van der Waals surface area contributed by atoms with Crippen molar-refractivity contribution < 1.29 is 33.8 Å². The Labute approximate surface area is 158 Å². The average Bonchev–Trinajstić information content (AvgIpc) is 3.13. The van der Waals surface area contributed by atoms with Gasteiger partial charge in [0.05, 0.1) is 0 Å². The molecule has 152 valence electrons. The molecule has 0 radical (unpaired) electrons. The van der Waals surface area contributed by atoms with Gasteiger partial charge in [-0.05, 0) is 60.3 Å². The van der Waals surface area contributed by atoms with Crippen LogP contribution in [0, 0.1) is 11.8 Å². The van der Waals surface area contributed by atoms with Crippen LogP contribution in [0.3, 0.4) is 0 Å². The first-order valence-electron chi connectivity index (χ1n) is 8.98. The van der Waals surface area contributed by atoms with Crippen LogP contribution in [-0.2, 0) is 19.1 Å². The summed E-state index contributed by atoms with van der Waals surface area (Å²) < 4.78 is 10.3. The summed E-state index contributed by atoms with van der Waals surface area (Å²) in [5.74, 6) is -2.48. The molecule has 2 fully saturated rings. The lowest BCUT2D eigenvalue weighted by atomic mass is 9.95. The van der Waals surface area contributed by atoms with E-state index in [2.05, 4.69) is 5.32 Å². The number of ether oxygens (including phenoxy) is 2. The van der Waals surface area contributed by atoms with Crippen molar-refractivity contribution in [2.24, 2.45) is 11.8 Å². The number of alkyl carbamates (subject to hydrolysis) is 1. The lowest BCUT2D eigenvalue weighted by Crippen LogP contribution is -2.46. The van der Waals surface area contributed by atoms with Crippen LogP contribution in [0.15, 0.2) is 0 Å². The number of carboxylic acid groups (broad SMARTS) is 1. The number of hydrogen-bond acceptors (Lipinski definition) is 6. The largest absolute Gasteiger partial charge is 0.480 e. The Kier molecular flexibility index (Phi) is 5.45. The number of carbonyl (C=O) groups is 4. The van der Waals surface area contributed by atoms with Crippen LogP contribution in [0.2, 0.25) is 0 Å². The first kappa shape index (κ1) is 21.0. The van der Waals surface area contributed by atoms with E-state index in [-0.39, 0.29) is 18.4 Å². The van der Waals surface area contributed by atoms with E-state index < -0.39 is 47.2 Å². The summed E-state index contributed by atoms with van der Waals surface area (Å²) in [6.45, 7) is 10.1. The molecule has 2 aliphatic rings. The molecular weight excluding hydrogens is 356 g/mol. The normalized spacial score (nSPS) is 25.5. The monoisotopic (exact) mass is 384 g/mol. The quantitative estimate of drug-likeness (QED) is 0.761. The minimum absolute atomic E-state index is 0.103. The number of likely N-dealkylation sites (tertiary alicyclic amines) is 1. The Morgan fingerprint density at radius 1 is 1.15 bits per heavy atom. The molecule has 1 saturated heterocycles. The molecule has 3 amide bonds. The second-order valence-electron chi connectivity index (χ2n) is 9.03. The van der Waals surface area contributed by atoms with Gasteiger partial charge in [0.2, 0.25) is 5.91 Å². The topological polar surface area (TPSA) is 122 Å². The van der Waals surface area contributed by atoms with Crippen LogP contribution < -0.4 is 5.32 Å². The van der Waals surface area contributed by atoms with Crippen molar-refractivity contribution in [1.82, 2.24) is 10.2 Å². The van der Waals surface area contributed by atoms with E-state index in [1.54, 1.807) is 41.5 Å². The minimum atomic E-state index is -1.28. The third-order valence-electron chi connectivity index (χ3n) is 4.28. The minimum Gasteiger partial charge on any atom is -0.480 e. The summed E-state index contributed by atoms with van der Waals surface area (Å²) in [6.07, 6.45) is -1.06. The van der Waals surface area contributed by atoms with E-state index in [1.807, 2.05) is 0 Å². The molecule has 0 spiro atoms. The fourth-order valence-electron chi connectivity index (χ4n) is 3.19. The van der Waals surface area contributed by atoms with Crippen LogP contribution in [0.5, 0.6) is 0 Å². The maximum atomic E-state index is 12.6. The van der Waals surface area contributed by atoms with Crippen molar-refractivity contribution in [1.29, 1.82) is 0 Å². The maximum Gasteiger partial charge on any atom is 0.417 e. The Bertz CT molecular complexity index is 647. The number of amides is 3. The smallest absolute Gasteiger partial charge is 0.417 e. The molecule has 9 nitrogen and oxygen atoms in total. The maximum absolute atomic E-state index is 12.6. The molecular formula is C18H28N2O7. The van der Waals surface area contributed by atoms with Crippen LogP contribution in [0.4, 0.5) is 9.59 Å². The SMILES string of the molecule is CC(C)(C)OC(=O)N[C@@H](C[C@H]1C(=O)N(C(=O)OC(C)(C)C)[C@@H]2C[C@@H]21)C(=O)O. The molecule has 0 aromatic rings. The van der Waals surface area contributed by atoms with Crippen LogP contribution in [0.1, 0.15) is 54.4 Å². The number of rotatable bonds is 4. The zero-order valence-corrected chi connectivity index (χ0v) is 16.6. The van der Waals surface area contributed by atoms with E-state index in [0.717, 1.165) is 4.90 Å². The lowest BCUT2D eigenvalue weighted by Gasteiger charge is -2.26. The number of aliphatic carboxylic acids is 1. The number of nitrogens with zero attached hydrogens (tertiary/aromatic N) is 1. The van der Waals surface area contributed by atoms with Gasteiger partial charge in [-0.3, -0.25) is 4.79 Å². The van der Waals surface area contributed by atoms with Gasteiger partial charge in [-0.2, -0.15) is 0 Å². The predicted octanol–water partition coefficient (Wildman–Crippen LogP) is 2.14. The van der Waals surface area contributed by atoms with Gasteiger partial charge in [0.25, 0.3) is 0 Å². The summed E-state index contributed by atoms with van der Waals surface area (Å²) in [4.78, 5) is 49.4. The summed E-state index contributed by atoms with van der Waals surface area (Å²) in [6, 6.07) is -1.54. The van der Waals surface area contributed by atoms with Gasteiger partial charge in [0, 0.05) is 12.0 Å². The zero-order valence-electron chi connectivity index (χ0n) is 16.6. The van der Waals surface area contributed by atoms with Crippen molar-refractivity contribution in [2.75, 3.05) is 0 Å². The summed E-state index contributed by atoms with van der Waals surface area (Å²) in [5.41, 5.74) is -1.51. The number of imide groups is 1. The van der Waals surface area contributed by atoms with Crippen molar-refractivity contribution in [3.05, 3.63) is 0 Å². The predicted molar refractivity (Wildman–Crippen MR) is 93.9 cm³/mol. The molecule has 1 heterocycles. The molecule has 0 unspecified atom stereocenters. The van der Waals surface area contributed by atoms with Gasteiger partial charge in [-0.15, -0.1) is 0 Å². The number of nitrogens with one attached hydrogen (secondary N) is 1. The van der Waals surface area contributed by atoms with Crippen LogP contribution in [0.25, 0.3) is 0 Å². The molecule has 0 bridgehead atoms. The van der Waals surface area contributed by atoms with Crippen molar-refractivity contribution >= 4 is 24.1 Å². The van der Waals surface area contributed by atoms with Gasteiger partial charge in [0.15, 0.2) is 0 Å². The van der Waals surface area contributed by atoms with Gasteiger partial charge in [-0.25, -0.2) is 19.3 Å². The van der Waals surface area contributed by atoms with Crippen LogP contribution in [-0.4, -0.2) is 57.4 Å².